The number of rotatable bonds is 3. The minimum absolute atomic E-state index is 0.00923. The number of anilines is 1. The number of amides is 1. The van der Waals surface area contributed by atoms with Gasteiger partial charge in [-0.1, -0.05) is 0 Å². The Morgan fingerprint density at radius 2 is 1.81 bits per heavy atom. The van der Waals surface area contributed by atoms with E-state index in [2.05, 4.69) is 0 Å². The van der Waals surface area contributed by atoms with Gasteiger partial charge >= 0.3 is 0 Å². The standard InChI is InChI=1S/C19H26N2O5S/c1-13-11-16-12-15(3-4-17(16)21(13)27(2,23)24)18(22)20-7-5-14(6-8-20)19-25-9-10-26-19/h3-4,12-14,19H,5-11H2,1-2H3. The van der Waals surface area contributed by atoms with E-state index in [0.29, 0.717) is 49.9 Å². The number of fused-ring (bicyclic) bond motifs is 1. The third-order valence-corrected chi connectivity index (χ3v) is 6.97. The van der Waals surface area contributed by atoms with E-state index in [-0.39, 0.29) is 18.2 Å². The van der Waals surface area contributed by atoms with Crippen LogP contribution in [0.1, 0.15) is 35.7 Å². The average Bonchev–Trinajstić information content (AvgIpc) is 3.27. The minimum atomic E-state index is -3.32. The number of hydrogen-bond acceptors (Lipinski definition) is 5. The molecule has 1 aromatic rings. The first-order chi connectivity index (χ1) is 12.8. The number of carbonyl (C=O) groups excluding carboxylic acids is 1. The van der Waals surface area contributed by atoms with Crippen molar-refractivity contribution in [1.29, 1.82) is 0 Å². The van der Waals surface area contributed by atoms with E-state index in [9.17, 15) is 13.2 Å². The summed E-state index contributed by atoms with van der Waals surface area (Å²) in [7, 11) is -3.32. The summed E-state index contributed by atoms with van der Waals surface area (Å²) in [4.78, 5) is 14.8. The Morgan fingerprint density at radius 3 is 2.44 bits per heavy atom. The second kappa shape index (κ2) is 7.07. The first-order valence-corrected chi connectivity index (χ1v) is 11.3. The fourth-order valence-electron chi connectivity index (χ4n) is 4.45. The molecule has 2 saturated heterocycles. The highest BCUT2D eigenvalue weighted by Gasteiger charge is 2.34. The molecule has 1 aromatic carbocycles. The van der Waals surface area contributed by atoms with Gasteiger partial charge < -0.3 is 14.4 Å². The lowest BCUT2D eigenvalue weighted by molar-refractivity contribution is -0.0956. The molecule has 0 aromatic heterocycles. The predicted molar refractivity (Wildman–Crippen MR) is 101 cm³/mol. The van der Waals surface area contributed by atoms with Crippen molar-refractivity contribution < 1.29 is 22.7 Å². The third kappa shape index (κ3) is 3.58. The van der Waals surface area contributed by atoms with E-state index >= 15 is 0 Å². The number of likely N-dealkylation sites (tertiary alicyclic amines) is 1. The van der Waals surface area contributed by atoms with Gasteiger partial charge in [-0.05, 0) is 49.9 Å². The third-order valence-electron chi connectivity index (χ3n) is 5.70. The summed E-state index contributed by atoms with van der Waals surface area (Å²) in [5.41, 5.74) is 2.24. The van der Waals surface area contributed by atoms with Gasteiger partial charge in [-0.25, -0.2) is 8.42 Å². The fourth-order valence-corrected chi connectivity index (χ4v) is 5.71. The minimum Gasteiger partial charge on any atom is -0.350 e. The molecule has 3 heterocycles. The predicted octanol–water partition coefficient (Wildman–Crippen LogP) is 1.62. The monoisotopic (exact) mass is 394 g/mol. The molecule has 8 heteroatoms. The Balaban J connectivity index is 1.46. The number of ether oxygens (including phenoxy) is 2. The number of carbonyl (C=O) groups is 1. The normalized spacial score (nSPS) is 24.4. The van der Waals surface area contributed by atoms with E-state index < -0.39 is 10.0 Å². The summed E-state index contributed by atoms with van der Waals surface area (Å²) >= 11 is 0. The molecular formula is C19H26N2O5S. The Bertz CT molecular complexity index is 827. The van der Waals surface area contributed by atoms with E-state index in [1.165, 1.54) is 10.6 Å². The molecule has 0 aliphatic carbocycles. The molecule has 148 valence electrons. The zero-order valence-corrected chi connectivity index (χ0v) is 16.6. The van der Waals surface area contributed by atoms with Crippen LogP contribution in [0.5, 0.6) is 0 Å². The van der Waals surface area contributed by atoms with Gasteiger partial charge in [0.2, 0.25) is 10.0 Å². The van der Waals surface area contributed by atoms with Crippen LogP contribution in [0, 0.1) is 5.92 Å². The lowest BCUT2D eigenvalue weighted by atomic mass is 9.95. The topological polar surface area (TPSA) is 76.2 Å². The van der Waals surface area contributed by atoms with Crippen LogP contribution in [-0.2, 0) is 25.9 Å². The fraction of sp³-hybridized carbons (Fsp3) is 0.632. The Morgan fingerprint density at radius 1 is 1.15 bits per heavy atom. The molecular weight excluding hydrogens is 368 g/mol. The summed E-state index contributed by atoms with van der Waals surface area (Å²) in [6.45, 7) is 4.58. The van der Waals surface area contributed by atoms with Crippen LogP contribution in [-0.4, -0.2) is 64.1 Å². The lowest BCUT2D eigenvalue weighted by Crippen LogP contribution is -2.41. The van der Waals surface area contributed by atoms with E-state index in [1.54, 1.807) is 12.1 Å². The van der Waals surface area contributed by atoms with E-state index in [0.717, 1.165) is 18.4 Å². The van der Waals surface area contributed by atoms with Gasteiger partial charge in [0.05, 0.1) is 25.2 Å². The second-order valence-electron chi connectivity index (χ2n) is 7.70. The van der Waals surface area contributed by atoms with Gasteiger partial charge in [-0.15, -0.1) is 0 Å². The van der Waals surface area contributed by atoms with Crippen LogP contribution >= 0.6 is 0 Å². The first kappa shape index (κ1) is 18.7. The summed E-state index contributed by atoms with van der Waals surface area (Å²) in [6.07, 6.45) is 3.48. The summed E-state index contributed by atoms with van der Waals surface area (Å²) in [6, 6.07) is 5.24. The molecule has 0 radical (unpaired) electrons. The maximum atomic E-state index is 12.9. The zero-order chi connectivity index (χ0) is 19.2. The second-order valence-corrected chi connectivity index (χ2v) is 9.55. The van der Waals surface area contributed by atoms with Crippen LogP contribution in [0.15, 0.2) is 18.2 Å². The van der Waals surface area contributed by atoms with Crippen LogP contribution < -0.4 is 4.31 Å². The summed E-state index contributed by atoms with van der Waals surface area (Å²) < 4.78 is 36.7. The summed E-state index contributed by atoms with van der Waals surface area (Å²) in [5.74, 6) is 0.357. The number of hydrogen-bond donors (Lipinski definition) is 0. The van der Waals surface area contributed by atoms with Crippen molar-refractivity contribution >= 4 is 21.6 Å². The van der Waals surface area contributed by atoms with Gasteiger partial charge in [0.25, 0.3) is 5.91 Å². The number of sulfonamides is 1. The van der Waals surface area contributed by atoms with Gasteiger partial charge in [0.15, 0.2) is 6.29 Å². The maximum Gasteiger partial charge on any atom is 0.253 e. The number of nitrogens with zero attached hydrogens (tertiary/aromatic N) is 2. The molecule has 1 unspecified atom stereocenters. The molecule has 4 rings (SSSR count). The van der Waals surface area contributed by atoms with Gasteiger partial charge in [-0.3, -0.25) is 9.10 Å². The van der Waals surface area contributed by atoms with E-state index in [1.807, 2.05) is 17.9 Å². The molecule has 1 amide bonds. The Hall–Kier alpha value is -1.64. The SMILES string of the molecule is CC1Cc2cc(C(=O)N3CCC(C4OCCO4)CC3)ccc2N1S(C)(=O)=O. The Kier molecular flexibility index (Phi) is 4.90. The highest BCUT2D eigenvalue weighted by molar-refractivity contribution is 7.92. The zero-order valence-electron chi connectivity index (χ0n) is 15.8. The van der Waals surface area contributed by atoms with Gasteiger partial charge in [0.1, 0.15) is 0 Å². The lowest BCUT2D eigenvalue weighted by Gasteiger charge is -2.34. The average molecular weight is 394 g/mol. The van der Waals surface area contributed by atoms with Crippen LogP contribution in [0.3, 0.4) is 0 Å². The molecule has 1 atom stereocenters. The smallest absolute Gasteiger partial charge is 0.253 e. The maximum absolute atomic E-state index is 12.9. The van der Waals surface area contributed by atoms with Gasteiger partial charge in [-0.2, -0.15) is 0 Å². The quantitative estimate of drug-likeness (QED) is 0.779. The van der Waals surface area contributed by atoms with Crippen LogP contribution in [0.25, 0.3) is 0 Å². The van der Waals surface area contributed by atoms with Crippen molar-refractivity contribution in [2.24, 2.45) is 5.92 Å². The molecule has 3 aliphatic rings. The molecule has 3 aliphatic heterocycles. The highest BCUT2D eigenvalue weighted by Crippen LogP contribution is 2.35. The molecule has 27 heavy (non-hydrogen) atoms. The number of piperidine rings is 1. The molecule has 7 nitrogen and oxygen atoms in total. The molecule has 2 fully saturated rings. The highest BCUT2D eigenvalue weighted by atomic mass is 32.2. The largest absolute Gasteiger partial charge is 0.350 e. The van der Waals surface area contributed by atoms with Crippen molar-refractivity contribution in [2.45, 2.75) is 38.5 Å². The molecule has 0 saturated carbocycles. The molecule has 0 spiro atoms. The van der Waals surface area contributed by atoms with Gasteiger partial charge in [0, 0.05) is 30.6 Å². The molecule has 0 bridgehead atoms. The van der Waals surface area contributed by atoms with Crippen LogP contribution in [0.2, 0.25) is 0 Å². The van der Waals surface area contributed by atoms with Crippen molar-refractivity contribution in [3.05, 3.63) is 29.3 Å². The first-order valence-electron chi connectivity index (χ1n) is 9.49. The summed E-state index contributed by atoms with van der Waals surface area (Å²) in [5, 5.41) is 0. The van der Waals surface area contributed by atoms with Crippen molar-refractivity contribution in [3.8, 4) is 0 Å². The number of benzene rings is 1. The molecule has 0 N–H and O–H groups in total. The van der Waals surface area contributed by atoms with Crippen molar-refractivity contribution in [3.63, 3.8) is 0 Å². The van der Waals surface area contributed by atoms with Crippen molar-refractivity contribution in [2.75, 3.05) is 36.9 Å². The van der Waals surface area contributed by atoms with Crippen LogP contribution in [0.4, 0.5) is 5.69 Å². The van der Waals surface area contributed by atoms with Crippen molar-refractivity contribution in [1.82, 2.24) is 4.90 Å². The van der Waals surface area contributed by atoms with E-state index in [4.69, 9.17) is 9.47 Å². The Labute approximate surface area is 160 Å².